The number of piperazine rings is 1. The molecule has 0 saturated carbocycles. The molecule has 0 radical (unpaired) electrons. The molecule has 1 aromatic heterocycles. The highest BCUT2D eigenvalue weighted by Gasteiger charge is 2.48. The first-order valence-corrected chi connectivity index (χ1v) is 10.9. The normalized spacial score (nSPS) is 20.2. The minimum atomic E-state index is -0.647. The van der Waals surface area contributed by atoms with Crippen molar-refractivity contribution in [2.45, 2.75) is 24.9 Å². The summed E-state index contributed by atoms with van der Waals surface area (Å²) in [4.78, 5) is 33.6. The van der Waals surface area contributed by atoms with Gasteiger partial charge in [0.05, 0.1) is 18.3 Å². The number of nitrogens with one attached hydrogen (secondary N) is 1. The third kappa shape index (κ3) is 3.64. The van der Waals surface area contributed by atoms with Gasteiger partial charge < -0.3 is 30.0 Å². The van der Waals surface area contributed by atoms with Gasteiger partial charge in [-0.2, -0.15) is 0 Å². The number of hydrogen-bond acceptors (Lipinski definition) is 6. The van der Waals surface area contributed by atoms with E-state index in [2.05, 4.69) is 4.98 Å². The molecule has 1 saturated heterocycles. The second-order valence-corrected chi connectivity index (χ2v) is 8.46. The molecule has 2 aliphatic heterocycles. The van der Waals surface area contributed by atoms with Gasteiger partial charge in [-0.15, -0.1) is 0 Å². The summed E-state index contributed by atoms with van der Waals surface area (Å²) in [5.41, 5.74) is 3.45. The maximum Gasteiger partial charge on any atom is 0.246 e. The van der Waals surface area contributed by atoms with Crippen molar-refractivity contribution < 1.29 is 19.5 Å². The summed E-state index contributed by atoms with van der Waals surface area (Å²) in [5, 5.41) is 21.8. The number of methoxy groups -OCH3 is 1. The zero-order valence-corrected chi connectivity index (χ0v) is 18.2. The maximum absolute atomic E-state index is 13.5. The van der Waals surface area contributed by atoms with Crippen molar-refractivity contribution in [2.75, 3.05) is 32.0 Å². The van der Waals surface area contributed by atoms with Crippen LogP contribution in [0.5, 0.6) is 0 Å². The van der Waals surface area contributed by atoms with Gasteiger partial charge in [-0.05, 0) is 35.7 Å². The van der Waals surface area contributed by atoms with Gasteiger partial charge in [0.15, 0.2) is 0 Å². The molecule has 5 rings (SSSR count). The van der Waals surface area contributed by atoms with Crippen molar-refractivity contribution in [1.82, 2.24) is 14.8 Å². The van der Waals surface area contributed by atoms with Crippen molar-refractivity contribution in [2.24, 2.45) is 0 Å². The van der Waals surface area contributed by atoms with Gasteiger partial charge in [0.1, 0.15) is 6.04 Å². The lowest BCUT2D eigenvalue weighted by atomic mass is 9.86. The molecule has 0 aliphatic carbocycles. The van der Waals surface area contributed by atoms with E-state index in [0.717, 1.165) is 22.2 Å². The Bertz CT molecular complexity index is 1210. The van der Waals surface area contributed by atoms with Crippen LogP contribution in [0.2, 0.25) is 0 Å². The van der Waals surface area contributed by atoms with Gasteiger partial charge in [0.2, 0.25) is 11.8 Å². The second-order valence-electron chi connectivity index (χ2n) is 8.46. The zero-order chi connectivity index (χ0) is 23.1. The van der Waals surface area contributed by atoms with Gasteiger partial charge in [-0.1, -0.05) is 30.3 Å². The second kappa shape index (κ2) is 8.51. The molecule has 2 aromatic carbocycles. The van der Waals surface area contributed by atoms with Crippen LogP contribution in [0, 0.1) is 5.21 Å². The predicted molar refractivity (Wildman–Crippen MR) is 122 cm³/mol. The largest absolute Gasteiger partial charge is 0.733 e. The summed E-state index contributed by atoms with van der Waals surface area (Å²) < 4.78 is 5.10. The number of carbonyl (C=O) groups excluding carboxylic acids is 2. The van der Waals surface area contributed by atoms with Gasteiger partial charge in [0, 0.05) is 43.3 Å². The SMILES string of the molecule is COCCCN1CC(=O)N2C(Cc3c([nH]c4ccccc34)C2c2cccc(N([O-])O)c2)C1=O. The van der Waals surface area contributed by atoms with Crippen LogP contribution in [0.25, 0.3) is 10.9 Å². The molecule has 9 nitrogen and oxygen atoms in total. The maximum atomic E-state index is 13.5. The Morgan fingerprint density at radius 2 is 2.03 bits per heavy atom. The van der Waals surface area contributed by atoms with Gasteiger partial charge in [-0.25, -0.2) is 0 Å². The lowest BCUT2D eigenvalue weighted by Gasteiger charge is -2.47. The van der Waals surface area contributed by atoms with Crippen molar-refractivity contribution in [3.8, 4) is 0 Å². The fourth-order valence-electron chi connectivity index (χ4n) is 5.07. The third-order valence-electron chi connectivity index (χ3n) is 6.53. The van der Waals surface area contributed by atoms with Crippen LogP contribution in [-0.4, -0.2) is 64.7 Å². The van der Waals surface area contributed by atoms with Crippen LogP contribution in [0.15, 0.2) is 48.5 Å². The standard InChI is InChI=1S/C24H25N4O5/c1-33-11-5-10-26-14-21(29)27-20(24(26)30)13-18-17-8-2-3-9-19(17)25-22(18)23(27)15-6-4-7-16(12-15)28(31)32/h2-4,6-9,12,20,23,25,31H,5,10-11,13-14H2,1H3/q-1. The Balaban J connectivity index is 1.63. The first kappa shape index (κ1) is 21.4. The number of benzene rings is 2. The number of nitrogens with zero attached hydrogens (tertiary/aromatic N) is 3. The molecule has 2 amide bonds. The average molecular weight is 449 g/mol. The number of carbonyl (C=O) groups is 2. The molecule has 3 aromatic rings. The lowest BCUT2D eigenvalue weighted by molar-refractivity contribution is -0.158. The third-order valence-corrected chi connectivity index (χ3v) is 6.53. The fraction of sp³-hybridized carbons (Fsp3) is 0.333. The number of anilines is 1. The zero-order valence-electron chi connectivity index (χ0n) is 18.2. The van der Waals surface area contributed by atoms with Crippen molar-refractivity contribution in [1.29, 1.82) is 0 Å². The number of aromatic nitrogens is 1. The van der Waals surface area contributed by atoms with Crippen LogP contribution in [0.1, 0.15) is 29.3 Å². The highest BCUT2D eigenvalue weighted by molar-refractivity contribution is 5.97. The van der Waals surface area contributed by atoms with E-state index in [-0.39, 0.29) is 29.3 Å². The summed E-state index contributed by atoms with van der Waals surface area (Å²) >= 11 is 0. The molecule has 9 heteroatoms. The number of amides is 2. The molecule has 2 atom stereocenters. The van der Waals surface area contributed by atoms with Crippen molar-refractivity contribution >= 4 is 28.4 Å². The van der Waals surface area contributed by atoms with Gasteiger partial charge in [-0.3, -0.25) is 14.8 Å². The molecule has 1 fully saturated rings. The van der Waals surface area contributed by atoms with E-state index in [0.29, 0.717) is 31.6 Å². The topological polar surface area (TPSA) is 112 Å². The Labute approximate surface area is 190 Å². The van der Waals surface area contributed by atoms with Crippen LogP contribution >= 0.6 is 0 Å². The number of H-pyrrole nitrogens is 1. The number of para-hydroxylation sites is 1. The molecule has 33 heavy (non-hydrogen) atoms. The summed E-state index contributed by atoms with van der Waals surface area (Å²) in [7, 11) is 1.61. The Hall–Kier alpha value is -3.40. The van der Waals surface area contributed by atoms with E-state index in [4.69, 9.17) is 4.74 Å². The molecule has 0 bridgehead atoms. The predicted octanol–water partition coefficient (Wildman–Crippen LogP) is 2.58. The molecule has 2 aliphatic rings. The van der Waals surface area contributed by atoms with E-state index >= 15 is 0 Å². The Morgan fingerprint density at radius 1 is 1.21 bits per heavy atom. The van der Waals surface area contributed by atoms with E-state index in [9.17, 15) is 20.0 Å². The minimum Gasteiger partial charge on any atom is -0.733 e. The number of fused-ring (bicyclic) bond motifs is 4. The molecule has 2 N–H and O–H groups in total. The van der Waals surface area contributed by atoms with Crippen LogP contribution < -0.4 is 5.23 Å². The molecular formula is C24H25N4O5-. The summed E-state index contributed by atoms with van der Waals surface area (Å²) in [6.45, 7) is 0.971. The summed E-state index contributed by atoms with van der Waals surface area (Å²) in [5.74, 6) is -0.241. The molecule has 3 heterocycles. The van der Waals surface area contributed by atoms with Gasteiger partial charge in [0.25, 0.3) is 0 Å². The average Bonchev–Trinajstić information content (AvgIpc) is 3.19. The van der Waals surface area contributed by atoms with E-state index in [1.165, 1.54) is 6.07 Å². The first-order chi connectivity index (χ1) is 16.0. The Morgan fingerprint density at radius 3 is 2.82 bits per heavy atom. The molecule has 172 valence electrons. The Kier molecular flexibility index (Phi) is 5.53. The summed E-state index contributed by atoms with van der Waals surface area (Å²) in [6, 6.07) is 13.1. The molecule has 2 unspecified atom stereocenters. The van der Waals surface area contributed by atoms with E-state index in [1.807, 2.05) is 24.3 Å². The van der Waals surface area contributed by atoms with Crippen LogP contribution in [0.3, 0.4) is 0 Å². The van der Waals surface area contributed by atoms with E-state index in [1.54, 1.807) is 35.1 Å². The number of ether oxygens (including phenoxy) is 1. The van der Waals surface area contributed by atoms with Crippen molar-refractivity contribution in [3.63, 3.8) is 0 Å². The fourth-order valence-corrected chi connectivity index (χ4v) is 5.07. The highest BCUT2D eigenvalue weighted by atomic mass is 16.8. The van der Waals surface area contributed by atoms with Crippen LogP contribution in [0.4, 0.5) is 5.69 Å². The monoisotopic (exact) mass is 449 g/mol. The summed E-state index contributed by atoms with van der Waals surface area (Å²) in [6.07, 6.45) is 1.07. The number of aromatic amines is 1. The smallest absolute Gasteiger partial charge is 0.246 e. The highest BCUT2D eigenvalue weighted by Crippen LogP contribution is 2.43. The quantitative estimate of drug-likeness (QED) is 0.442. The van der Waals surface area contributed by atoms with Gasteiger partial charge >= 0.3 is 0 Å². The van der Waals surface area contributed by atoms with Crippen molar-refractivity contribution in [3.05, 3.63) is 70.6 Å². The number of rotatable bonds is 6. The minimum absolute atomic E-state index is 0.00151. The first-order valence-electron chi connectivity index (χ1n) is 10.9. The lowest BCUT2D eigenvalue weighted by Crippen LogP contribution is -2.63. The van der Waals surface area contributed by atoms with E-state index < -0.39 is 12.1 Å². The number of hydrogen-bond donors (Lipinski definition) is 2. The van der Waals surface area contributed by atoms with Crippen LogP contribution in [-0.2, 0) is 20.7 Å². The molecule has 0 spiro atoms. The molecular weight excluding hydrogens is 424 g/mol.